The van der Waals surface area contributed by atoms with Crippen molar-refractivity contribution in [1.82, 2.24) is 0 Å². The van der Waals surface area contributed by atoms with Gasteiger partial charge in [0.1, 0.15) is 13.2 Å². The summed E-state index contributed by atoms with van der Waals surface area (Å²) in [5, 5.41) is 0. The monoisotopic (exact) mass is 1020 g/mol. The van der Waals surface area contributed by atoms with Crippen LogP contribution in [0.4, 0.5) is 0 Å². The van der Waals surface area contributed by atoms with Gasteiger partial charge in [0.05, 0.1) is 0 Å². The van der Waals surface area contributed by atoms with Gasteiger partial charge in [0.15, 0.2) is 6.10 Å². The van der Waals surface area contributed by atoms with E-state index in [1.807, 2.05) is 0 Å². The predicted molar refractivity (Wildman–Crippen MR) is 316 cm³/mol. The van der Waals surface area contributed by atoms with Gasteiger partial charge in [-0.05, 0) is 51.4 Å². The minimum absolute atomic E-state index is 0.0738. The first-order valence-corrected chi connectivity index (χ1v) is 32.5. The molecule has 0 amide bonds. The fourth-order valence-electron chi connectivity index (χ4n) is 9.81. The molecule has 0 saturated heterocycles. The van der Waals surface area contributed by atoms with Crippen molar-refractivity contribution in [2.24, 2.45) is 0 Å². The number of hydrogen-bond acceptors (Lipinski definition) is 6. The van der Waals surface area contributed by atoms with Crippen LogP contribution in [0.15, 0.2) is 36.5 Å². The molecule has 0 heterocycles. The van der Waals surface area contributed by atoms with Gasteiger partial charge in [0.25, 0.3) is 0 Å². The Kier molecular flexibility index (Phi) is 60.2. The molecule has 428 valence electrons. The SMILES string of the molecule is CC/C=C\C/C=C\C/C=C\CCCCCCCC(=O)OC(COC(=O)CCCCCCCCCCCCCCCCCCCCC)COC(=O)CCCCCCCCCCCCCCCCCCCCCCC. The fraction of sp³-hybridized carbons (Fsp3) is 0.866. The maximum absolute atomic E-state index is 12.9. The van der Waals surface area contributed by atoms with E-state index in [0.29, 0.717) is 19.3 Å². The molecule has 0 aromatic heterocycles. The highest BCUT2D eigenvalue weighted by Gasteiger charge is 2.19. The van der Waals surface area contributed by atoms with Crippen LogP contribution in [0.1, 0.15) is 355 Å². The third-order valence-electron chi connectivity index (χ3n) is 14.7. The first-order chi connectivity index (χ1) is 36.0. The Balaban J connectivity index is 4.29. The molecule has 0 N–H and O–H groups in total. The number of rotatable bonds is 60. The van der Waals surface area contributed by atoms with Crippen molar-refractivity contribution < 1.29 is 28.6 Å². The molecule has 0 radical (unpaired) electrons. The van der Waals surface area contributed by atoms with E-state index >= 15 is 0 Å². The maximum atomic E-state index is 12.9. The molecule has 1 atom stereocenters. The third-order valence-corrected chi connectivity index (χ3v) is 14.7. The zero-order valence-corrected chi connectivity index (χ0v) is 49.2. The number of hydrogen-bond donors (Lipinski definition) is 0. The van der Waals surface area contributed by atoms with Crippen molar-refractivity contribution in [3.63, 3.8) is 0 Å². The second kappa shape index (κ2) is 62.2. The summed E-state index contributed by atoms with van der Waals surface area (Å²) in [5.74, 6) is -0.864. The van der Waals surface area contributed by atoms with Gasteiger partial charge in [-0.1, -0.05) is 320 Å². The van der Waals surface area contributed by atoms with Crippen LogP contribution in [-0.4, -0.2) is 37.2 Å². The van der Waals surface area contributed by atoms with Crippen LogP contribution < -0.4 is 0 Å². The van der Waals surface area contributed by atoms with E-state index in [2.05, 4.69) is 57.2 Å². The van der Waals surface area contributed by atoms with Crippen LogP contribution in [0.3, 0.4) is 0 Å². The van der Waals surface area contributed by atoms with Crippen LogP contribution >= 0.6 is 0 Å². The number of unbranched alkanes of at least 4 members (excludes halogenated alkanes) is 43. The average Bonchev–Trinajstić information content (AvgIpc) is 3.39. The summed E-state index contributed by atoms with van der Waals surface area (Å²) in [7, 11) is 0. The molecule has 0 aliphatic carbocycles. The van der Waals surface area contributed by atoms with Crippen molar-refractivity contribution in [2.45, 2.75) is 361 Å². The molecule has 0 rings (SSSR count). The van der Waals surface area contributed by atoms with E-state index in [-0.39, 0.29) is 31.1 Å². The maximum Gasteiger partial charge on any atom is 0.306 e. The largest absolute Gasteiger partial charge is 0.462 e. The highest BCUT2D eigenvalue weighted by atomic mass is 16.6. The molecule has 0 bridgehead atoms. The topological polar surface area (TPSA) is 78.9 Å². The normalized spacial score (nSPS) is 12.2. The first kappa shape index (κ1) is 70.6. The minimum atomic E-state index is -0.778. The van der Waals surface area contributed by atoms with Crippen LogP contribution in [0, 0.1) is 0 Å². The lowest BCUT2D eigenvalue weighted by Crippen LogP contribution is -2.30. The summed E-state index contributed by atoms with van der Waals surface area (Å²) < 4.78 is 16.9. The Bertz CT molecular complexity index is 1220. The first-order valence-electron chi connectivity index (χ1n) is 32.5. The van der Waals surface area contributed by atoms with E-state index in [1.165, 1.54) is 218 Å². The minimum Gasteiger partial charge on any atom is -0.462 e. The molecule has 0 aromatic carbocycles. The van der Waals surface area contributed by atoms with Gasteiger partial charge in [-0.3, -0.25) is 14.4 Å². The Hall–Kier alpha value is -2.37. The zero-order valence-electron chi connectivity index (χ0n) is 49.2. The Morgan fingerprint density at radius 3 is 0.836 bits per heavy atom. The smallest absolute Gasteiger partial charge is 0.306 e. The second-order valence-corrected chi connectivity index (χ2v) is 22.0. The summed E-state index contributed by atoms with van der Waals surface area (Å²) in [4.78, 5) is 38.3. The molecular weight excluding hydrogens is 901 g/mol. The molecule has 0 saturated carbocycles. The van der Waals surface area contributed by atoms with Gasteiger partial charge < -0.3 is 14.2 Å². The van der Waals surface area contributed by atoms with Crippen LogP contribution in [-0.2, 0) is 28.6 Å². The molecule has 0 spiro atoms. The zero-order chi connectivity index (χ0) is 52.9. The van der Waals surface area contributed by atoms with Crippen molar-refractivity contribution in [1.29, 1.82) is 0 Å². The molecule has 0 aliphatic heterocycles. The van der Waals surface area contributed by atoms with Gasteiger partial charge in [0.2, 0.25) is 0 Å². The van der Waals surface area contributed by atoms with Crippen molar-refractivity contribution in [2.75, 3.05) is 13.2 Å². The average molecular weight is 1030 g/mol. The van der Waals surface area contributed by atoms with Gasteiger partial charge in [0, 0.05) is 19.3 Å². The lowest BCUT2D eigenvalue weighted by molar-refractivity contribution is -0.167. The van der Waals surface area contributed by atoms with Crippen LogP contribution in [0.5, 0.6) is 0 Å². The summed E-state index contributed by atoms with van der Waals surface area (Å²) in [6.07, 6.45) is 75.8. The van der Waals surface area contributed by atoms with Gasteiger partial charge >= 0.3 is 17.9 Å². The number of carbonyl (C=O) groups excluding carboxylic acids is 3. The number of allylic oxidation sites excluding steroid dienone is 6. The molecular formula is C67H124O6. The molecule has 0 aliphatic rings. The Labute approximate surface area is 455 Å². The van der Waals surface area contributed by atoms with Crippen molar-refractivity contribution in [3.05, 3.63) is 36.5 Å². The van der Waals surface area contributed by atoms with Gasteiger partial charge in [-0.2, -0.15) is 0 Å². The molecule has 73 heavy (non-hydrogen) atoms. The highest BCUT2D eigenvalue weighted by Crippen LogP contribution is 2.18. The van der Waals surface area contributed by atoms with Crippen molar-refractivity contribution in [3.8, 4) is 0 Å². The van der Waals surface area contributed by atoms with E-state index in [9.17, 15) is 14.4 Å². The van der Waals surface area contributed by atoms with E-state index < -0.39 is 6.10 Å². The van der Waals surface area contributed by atoms with Crippen LogP contribution in [0.2, 0.25) is 0 Å². The van der Waals surface area contributed by atoms with E-state index in [1.54, 1.807) is 0 Å². The molecule has 0 fully saturated rings. The lowest BCUT2D eigenvalue weighted by atomic mass is 10.0. The Morgan fingerprint density at radius 1 is 0.288 bits per heavy atom. The highest BCUT2D eigenvalue weighted by molar-refractivity contribution is 5.71. The van der Waals surface area contributed by atoms with E-state index in [0.717, 1.165) is 96.3 Å². The molecule has 1 unspecified atom stereocenters. The third kappa shape index (κ3) is 60.4. The van der Waals surface area contributed by atoms with Gasteiger partial charge in [-0.25, -0.2) is 0 Å². The number of carbonyl (C=O) groups is 3. The van der Waals surface area contributed by atoms with Crippen LogP contribution in [0.25, 0.3) is 0 Å². The summed E-state index contributed by atoms with van der Waals surface area (Å²) in [5.41, 5.74) is 0. The van der Waals surface area contributed by atoms with E-state index in [4.69, 9.17) is 14.2 Å². The summed E-state index contributed by atoms with van der Waals surface area (Å²) in [6, 6.07) is 0. The lowest BCUT2D eigenvalue weighted by Gasteiger charge is -2.18. The van der Waals surface area contributed by atoms with Gasteiger partial charge in [-0.15, -0.1) is 0 Å². The van der Waals surface area contributed by atoms with Crippen molar-refractivity contribution >= 4 is 17.9 Å². The Morgan fingerprint density at radius 2 is 0.534 bits per heavy atom. The molecule has 6 nitrogen and oxygen atoms in total. The number of esters is 3. The second-order valence-electron chi connectivity index (χ2n) is 22.0. The molecule has 6 heteroatoms. The summed E-state index contributed by atoms with van der Waals surface area (Å²) in [6.45, 7) is 6.59. The standard InChI is InChI=1S/C67H124O6/c1-4-7-10-13-16-19-22-25-28-30-32-33-35-37-40-42-45-48-51-54-57-60-66(69)72-63-64(73-67(70)61-58-55-52-49-46-43-38-27-24-21-18-15-12-9-6-3)62-71-65(68)59-56-53-50-47-44-41-39-36-34-31-29-26-23-20-17-14-11-8-5-2/h9,12,18,21,27,38,64H,4-8,10-11,13-17,19-20,22-26,28-37,39-63H2,1-3H3/b12-9-,21-18-,38-27-. The predicted octanol–water partition coefficient (Wildman–Crippen LogP) is 22.0. The quantitative estimate of drug-likeness (QED) is 0.0261. The molecule has 0 aromatic rings. The fourth-order valence-corrected chi connectivity index (χ4v) is 9.81. The summed E-state index contributed by atoms with van der Waals surface area (Å²) >= 11 is 0. The number of ether oxygens (including phenoxy) is 3.